The molecule has 0 heterocycles. The lowest BCUT2D eigenvalue weighted by Crippen LogP contribution is -2.23. The van der Waals surface area contributed by atoms with Gasteiger partial charge in [0.05, 0.1) is 18.7 Å². The third-order valence-corrected chi connectivity index (χ3v) is 3.32. The van der Waals surface area contributed by atoms with Gasteiger partial charge in [-0.05, 0) is 41.8 Å². The lowest BCUT2D eigenvalue weighted by molar-refractivity contribution is -0.121. The van der Waals surface area contributed by atoms with Crippen molar-refractivity contribution >= 4 is 5.91 Å². The first-order valence-electron chi connectivity index (χ1n) is 7.10. The molecule has 0 radical (unpaired) electrons. The van der Waals surface area contributed by atoms with Crippen LogP contribution >= 0.6 is 0 Å². The van der Waals surface area contributed by atoms with E-state index in [1.807, 2.05) is 36.4 Å². The van der Waals surface area contributed by atoms with Crippen molar-refractivity contribution in [3.05, 3.63) is 65.2 Å². The Morgan fingerprint density at radius 1 is 1.18 bits per heavy atom. The molecule has 2 aromatic rings. The van der Waals surface area contributed by atoms with Crippen LogP contribution < -0.4 is 10.1 Å². The van der Waals surface area contributed by atoms with E-state index >= 15 is 0 Å². The highest BCUT2D eigenvalue weighted by atomic mass is 16.5. The number of carbonyl (C=O) groups is 1. The number of ether oxygens (including phenoxy) is 1. The van der Waals surface area contributed by atoms with Crippen molar-refractivity contribution in [2.75, 3.05) is 7.11 Å². The minimum Gasteiger partial charge on any atom is -0.497 e. The van der Waals surface area contributed by atoms with Crippen molar-refractivity contribution in [1.29, 1.82) is 5.26 Å². The van der Waals surface area contributed by atoms with Crippen LogP contribution in [0.1, 0.15) is 23.1 Å². The molecule has 2 rings (SSSR count). The summed E-state index contributed by atoms with van der Waals surface area (Å²) in [6, 6.07) is 17.0. The summed E-state index contributed by atoms with van der Waals surface area (Å²) in [4.78, 5) is 11.9. The molecule has 0 saturated carbocycles. The standard InChI is InChI=1S/C18H18N2O2/c1-22-17-7-3-4-14(11-17)8-9-18(21)20-13-16-6-2-5-15(10-16)12-19/h2-7,10-11H,8-9,13H2,1H3,(H,20,21). The van der Waals surface area contributed by atoms with Crippen LogP contribution in [0.4, 0.5) is 0 Å². The van der Waals surface area contributed by atoms with Crippen molar-refractivity contribution in [2.45, 2.75) is 19.4 Å². The molecule has 0 aliphatic carbocycles. The molecule has 0 aromatic heterocycles. The molecule has 0 saturated heterocycles. The predicted molar refractivity (Wildman–Crippen MR) is 84.3 cm³/mol. The number of nitriles is 1. The molecule has 112 valence electrons. The fourth-order valence-electron chi connectivity index (χ4n) is 2.13. The first kappa shape index (κ1) is 15.6. The Labute approximate surface area is 130 Å². The molecular formula is C18H18N2O2. The highest BCUT2D eigenvalue weighted by Gasteiger charge is 2.04. The molecular weight excluding hydrogens is 276 g/mol. The predicted octanol–water partition coefficient (Wildman–Crippen LogP) is 2.82. The number of carbonyl (C=O) groups excluding carboxylic acids is 1. The molecule has 0 aliphatic heterocycles. The van der Waals surface area contributed by atoms with Crippen LogP contribution in [0.5, 0.6) is 5.75 Å². The SMILES string of the molecule is COc1cccc(CCC(=O)NCc2cccc(C#N)c2)c1. The van der Waals surface area contributed by atoms with E-state index in [1.165, 1.54) is 0 Å². The van der Waals surface area contributed by atoms with Crippen molar-refractivity contribution in [2.24, 2.45) is 0 Å². The molecule has 2 aromatic carbocycles. The topological polar surface area (TPSA) is 62.1 Å². The van der Waals surface area contributed by atoms with Crippen molar-refractivity contribution in [3.63, 3.8) is 0 Å². The van der Waals surface area contributed by atoms with E-state index in [9.17, 15) is 4.79 Å². The van der Waals surface area contributed by atoms with Gasteiger partial charge in [-0.25, -0.2) is 0 Å². The van der Waals surface area contributed by atoms with Gasteiger partial charge in [-0.2, -0.15) is 5.26 Å². The van der Waals surface area contributed by atoms with Gasteiger partial charge in [-0.1, -0.05) is 24.3 Å². The lowest BCUT2D eigenvalue weighted by Gasteiger charge is -2.07. The van der Waals surface area contributed by atoms with E-state index in [0.717, 1.165) is 16.9 Å². The van der Waals surface area contributed by atoms with Crippen LogP contribution in [0.2, 0.25) is 0 Å². The average molecular weight is 294 g/mol. The zero-order valence-electron chi connectivity index (χ0n) is 12.5. The van der Waals surface area contributed by atoms with Gasteiger partial charge >= 0.3 is 0 Å². The van der Waals surface area contributed by atoms with E-state index in [0.29, 0.717) is 24.9 Å². The van der Waals surface area contributed by atoms with E-state index in [-0.39, 0.29) is 5.91 Å². The number of nitrogens with zero attached hydrogens (tertiary/aromatic N) is 1. The Balaban J connectivity index is 1.81. The first-order chi connectivity index (χ1) is 10.7. The van der Waals surface area contributed by atoms with E-state index in [2.05, 4.69) is 11.4 Å². The van der Waals surface area contributed by atoms with E-state index in [4.69, 9.17) is 10.00 Å². The smallest absolute Gasteiger partial charge is 0.220 e. The summed E-state index contributed by atoms with van der Waals surface area (Å²) in [5.41, 5.74) is 2.60. The zero-order chi connectivity index (χ0) is 15.8. The minimum atomic E-state index is -0.00909. The molecule has 0 unspecified atom stereocenters. The van der Waals surface area contributed by atoms with E-state index < -0.39 is 0 Å². The van der Waals surface area contributed by atoms with Gasteiger partial charge in [-0.15, -0.1) is 0 Å². The Hall–Kier alpha value is -2.80. The number of aryl methyl sites for hydroxylation is 1. The molecule has 0 atom stereocenters. The maximum Gasteiger partial charge on any atom is 0.220 e. The normalized spacial score (nSPS) is 9.82. The molecule has 1 amide bonds. The average Bonchev–Trinajstić information content (AvgIpc) is 2.58. The van der Waals surface area contributed by atoms with Crippen LogP contribution in [-0.2, 0) is 17.8 Å². The highest BCUT2D eigenvalue weighted by Crippen LogP contribution is 2.13. The third-order valence-electron chi connectivity index (χ3n) is 3.32. The largest absolute Gasteiger partial charge is 0.497 e. The van der Waals surface area contributed by atoms with Crippen molar-refractivity contribution < 1.29 is 9.53 Å². The second kappa shape index (κ2) is 7.84. The van der Waals surface area contributed by atoms with Crippen molar-refractivity contribution in [3.8, 4) is 11.8 Å². The lowest BCUT2D eigenvalue weighted by atomic mass is 10.1. The first-order valence-corrected chi connectivity index (χ1v) is 7.10. The summed E-state index contributed by atoms with van der Waals surface area (Å²) < 4.78 is 5.16. The molecule has 1 N–H and O–H groups in total. The third kappa shape index (κ3) is 4.64. The van der Waals surface area contributed by atoms with Crippen molar-refractivity contribution in [1.82, 2.24) is 5.32 Å². The Bertz CT molecular complexity index is 689. The van der Waals surface area contributed by atoms with Gasteiger partial charge in [-0.3, -0.25) is 4.79 Å². The maximum atomic E-state index is 11.9. The minimum absolute atomic E-state index is 0.00909. The second-order valence-corrected chi connectivity index (χ2v) is 4.94. The number of rotatable bonds is 6. The summed E-state index contributed by atoms with van der Waals surface area (Å²) in [5.74, 6) is 0.788. The molecule has 0 bridgehead atoms. The van der Waals surface area contributed by atoms with Gasteiger partial charge in [0.15, 0.2) is 0 Å². The van der Waals surface area contributed by atoms with Gasteiger partial charge in [0.1, 0.15) is 5.75 Å². The fraction of sp³-hybridized carbons (Fsp3) is 0.222. The fourth-order valence-corrected chi connectivity index (χ4v) is 2.13. The van der Waals surface area contributed by atoms with Gasteiger partial charge < -0.3 is 10.1 Å². The summed E-state index contributed by atoms with van der Waals surface area (Å²) >= 11 is 0. The van der Waals surface area contributed by atoms with Crippen LogP contribution in [-0.4, -0.2) is 13.0 Å². The number of nitrogens with one attached hydrogen (secondary N) is 1. The Morgan fingerprint density at radius 2 is 1.95 bits per heavy atom. The Kier molecular flexibility index (Phi) is 5.56. The summed E-state index contributed by atoms with van der Waals surface area (Å²) in [6.45, 7) is 0.437. The molecule has 22 heavy (non-hydrogen) atoms. The van der Waals surface area contributed by atoms with Gasteiger partial charge in [0, 0.05) is 13.0 Å². The van der Waals surface area contributed by atoms with Crippen LogP contribution in [0, 0.1) is 11.3 Å². The molecule has 4 nitrogen and oxygen atoms in total. The van der Waals surface area contributed by atoms with Gasteiger partial charge in [0.25, 0.3) is 0 Å². The highest BCUT2D eigenvalue weighted by molar-refractivity contribution is 5.76. The number of benzene rings is 2. The monoisotopic (exact) mass is 294 g/mol. The second-order valence-electron chi connectivity index (χ2n) is 4.94. The zero-order valence-corrected chi connectivity index (χ0v) is 12.5. The molecule has 0 fully saturated rings. The number of methoxy groups -OCH3 is 1. The molecule has 4 heteroatoms. The summed E-state index contributed by atoms with van der Waals surface area (Å²) in [7, 11) is 1.63. The van der Waals surface area contributed by atoms with Crippen LogP contribution in [0.25, 0.3) is 0 Å². The van der Waals surface area contributed by atoms with Crippen LogP contribution in [0.15, 0.2) is 48.5 Å². The maximum absolute atomic E-state index is 11.9. The Morgan fingerprint density at radius 3 is 2.73 bits per heavy atom. The number of hydrogen-bond acceptors (Lipinski definition) is 3. The molecule has 0 spiro atoms. The van der Waals surface area contributed by atoms with E-state index in [1.54, 1.807) is 19.2 Å². The molecule has 0 aliphatic rings. The summed E-state index contributed by atoms with van der Waals surface area (Å²) in [5, 5.41) is 11.7. The number of hydrogen-bond donors (Lipinski definition) is 1. The number of amides is 1. The van der Waals surface area contributed by atoms with Crippen LogP contribution in [0.3, 0.4) is 0 Å². The van der Waals surface area contributed by atoms with Gasteiger partial charge in [0.2, 0.25) is 5.91 Å². The summed E-state index contributed by atoms with van der Waals surface area (Å²) in [6.07, 6.45) is 1.09. The quantitative estimate of drug-likeness (QED) is 0.891.